The Morgan fingerprint density at radius 2 is 2.04 bits per heavy atom. The van der Waals surface area contributed by atoms with Gasteiger partial charge in [0.15, 0.2) is 5.96 Å². The van der Waals surface area contributed by atoms with Crippen LogP contribution in [0.3, 0.4) is 0 Å². The van der Waals surface area contributed by atoms with Crippen molar-refractivity contribution in [1.29, 1.82) is 0 Å². The van der Waals surface area contributed by atoms with Gasteiger partial charge >= 0.3 is 0 Å². The van der Waals surface area contributed by atoms with Gasteiger partial charge in [0.25, 0.3) is 0 Å². The second-order valence-corrected chi connectivity index (χ2v) is 7.56. The Morgan fingerprint density at radius 3 is 2.68 bits per heavy atom. The van der Waals surface area contributed by atoms with E-state index in [2.05, 4.69) is 36.4 Å². The third kappa shape index (κ3) is 6.96. The molecule has 1 aromatic heterocycles. The van der Waals surface area contributed by atoms with Gasteiger partial charge in [0.05, 0.1) is 6.10 Å². The molecule has 0 bridgehead atoms. The van der Waals surface area contributed by atoms with Gasteiger partial charge in [-0.3, -0.25) is 4.99 Å². The Bertz CT molecular complexity index is 588. The van der Waals surface area contributed by atoms with Crippen LogP contribution >= 0.6 is 35.5 Å². The summed E-state index contributed by atoms with van der Waals surface area (Å²) < 4.78 is 15.7. The van der Waals surface area contributed by atoms with Crippen LogP contribution < -0.4 is 10.2 Å². The number of hydrogen-bond donors (Lipinski definition) is 1. The number of guanidine groups is 1. The molecule has 2 aliphatic rings. The minimum Gasteiger partial charge on any atom is -0.381 e. The van der Waals surface area contributed by atoms with Crippen molar-refractivity contribution in [3.63, 3.8) is 0 Å². The van der Waals surface area contributed by atoms with E-state index in [1.54, 1.807) is 0 Å². The van der Waals surface area contributed by atoms with Crippen molar-refractivity contribution < 1.29 is 9.47 Å². The summed E-state index contributed by atoms with van der Waals surface area (Å²) in [7, 11) is 1.85. The van der Waals surface area contributed by atoms with E-state index >= 15 is 0 Å². The van der Waals surface area contributed by atoms with Crippen LogP contribution in [0, 0.1) is 0 Å². The minimum atomic E-state index is 0. The van der Waals surface area contributed by atoms with E-state index in [4.69, 9.17) is 9.47 Å². The molecule has 3 rings (SSSR count). The maximum atomic E-state index is 5.93. The van der Waals surface area contributed by atoms with Crippen molar-refractivity contribution in [2.45, 2.75) is 38.7 Å². The predicted molar refractivity (Wildman–Crippen MR) is 124 cm³/mol. The van der Waals surface area contributed by atoms with Crippen LogP contribution in [-0.2, 0) is 15.9 Å². The first-order chi connectivity index (χ1) is 13.3. The monoisotopic (exact) mass is 524 g/mol. The molecule has 0 atom stereocenters. The van der Waals surface area contributed by atoms with Crippen molar-refractivity contribution in [2.24, 2.45) is 4.99 Å². The molecule has 10 heteroatoms. The molecule has 1 aromatic rings. The van der Waals surface area contributed by atoms with E-state index in [0.29, 0.717) is 6.10 Å². The van der Waals surface area contributed by atoms with Crippen molar-refractivity contribution in [1.82, 2.24) is 19.6 Å². The molecule has 0 aliphatic carbocycles. The largest absolute Gasteiger partial charge is 0.381 e. The summed E-state index contributed by atoms with van der Waals surface area (Å²) >= 11 is 1.51. The van der Waals surface area contributed by atoms with Gasteiger partial charge in [-0.25, -0.2) is 4.98 Å². The lowest BCUT2D eigenvalue weighted by atomic mass is 10.1. The molecule has 0 spiro atoms. The first-order valence-corrected chi connectivity index (χ1v) is 10.8. The summed E-state index contributed by atoms with van der Waals surface area (Å²) in [6, 6.07) is 0. The molecule has 0 amide bonds. The molecule has 160 valence electrons. The number of nitrogens with one attached hydrogen (secondary N) is 1. The van der Waals surface area contributed by atoms with E-state index in [1.165, 1.54) is 11.5 Å². The number of piperazine rings is 1. The molecular formula is C18H33IN6O2S. The van der Waals surface area contributed by atoms with Gasteiger partial charge in [-0.05, 0) is 19.3 Å². The quantitative estimate of drug-likeness (QED) is 0.253. The average Bonchev–Trinajstić information content (AvgIpc) is 3.21. The highest BCUT2D eigenvalue weighted by Gasteiger charge is 2.22. The van der Waals surface area contributed by atoms with Gasteiger partial charge in [-0.15, -0.1) is 24.0 Å². The number of aromatic nitrogens is 2. The molecule has 2 aliphatic heterocycles. The van der Waals surface area contributed by atoms with Gasteiger partial charge in [0.1, 0.15) is 5.82 Å². The number of halogens is 1. The first-order valence-electron chi connectivity index (χ1n) is 10.0. The SMILES string of the molecule is CCc1nsc(N2CCN(C(=NC)NCCCOC3CCOCC3)CC2)n1.I. The summed E-state index contributed by atoms with van der Waals surface area (Å²) in [6.07, 6.45) is 4.30. The zero-order chi connectivity index (χ0) is 18.9. The fourth-order valence-corrected chi connectivity index (χ4v) is 4.12. The maximum Gasteiger partial charge on any atom is 0.205 e. The Morgan fingerprint density at radius 1 is 1.29 bits per heavy atom. The number of aryl methyl sites for hydroxylation is 1. The highest BCUT2D eigenvalue weighted by molar-refractivity contribution is 14.0. The van der Waals surface area contributed by atoms with Crippen LogP contribution in [0.1, 0.15) is 32.0 Å². The lowest BCUT2D eigenvalue weighted by Gasteiger charge is -2.36. The molecule has 2 saturated heterocycles. The second-order valence-electron chi connectivity index (χ2n) is 6.83. The van der Waals surface area contributed by atoms with Gasteiger partial charge in [-0.1, -0.05) is 6.92 Å². The normalized spacial score (nSPS) is 18.9. The Labute approximate surface area is 189 Å². The van der Waals surface area contributed by atoms with Gasteiger partial charge in [0, 0.05) is 77.5 Å². The lowest BCUT2D eigenvalue weighted by Crippen LogP contribution is -2.52. The molecule has 0 radical (unpaired) electrons. The Balaban J connectivity index is 0.00000280. The molecule has 1 N–H and O–H groups in total. The highest BCUT2D eigenvalue weighted by Crippen LogP contribution is 2.19. The molecule has 3 heterocycles. The molecule has 0 saturated carbocycles. The van der Waals surface area contributed by atoms with Crippen LogP contribution in [0.15, 0.2) is 4.99 Å². The highest BCUT2D eigenvalue weighted by atomic mass is 127. The van der Waals surface area contributed by atoms with Crippen molar-refractivity contribution >= 4 is 46.6 Å². The van der Waals surface area contributed by atoms with Gasteiger partial charge < -0.3 is 24.6 Å². The van der Waals surface area contributed by atoms with Gasteiger partial charge in [-0.2, -0.15) is 4.37 Å². The summed E-state index contributed by atoms with van der Waals surface area (Å²) in [5, 5.41) is 4.51. The second kappa shape index (κ2) is 12.8. The van der Waals surface area contributed by atoms with Crippen molar-refractivity contribution in [3.05, 3.63) is 5.82 Å². The predicted octanol–water partition coefficient (Wildman–Crippen LogP) is 2.00. The summed E-state index contributed by atoms with van der Waals surface area (Å²) in [4.78, 5) is 13.7. The van der Waals surface area contributed by atoms with Crippen molar-refractivity contribution in [3.8, 4) is 0 Å². The molecule has 8 nitrogen and oxygen atoms in total. The maximum absolute atomic E-state index is 5.93. The first kappa shape index (κ1) is 23.6. The van der Waals surface area contributed by atoms with Crippen LogP contribution in [0.25, 0.3) is 0 Å². The smallest absolute Gasteiger partial charge is 0.205 e. The Hall–Kier alpha value is -0.720. The zero-order valence-corrected chi connectivity index (χ0v) is 20.1. The number of aliphatic imine (C=N–C) groups is 1. The van der Waals surface area contributed by atoms with E-state index in [1.807, 2.05) is 7.05 Å². The van der Waals surface area contributed by atoms with E-state index in [-0.39, 0.29) is 24.0 Å². The van der Waals surface area contributed by atoms with Crippen LogP contribution in [0.2, 0.25) is 0 Å². The van der Waals surface area contributed by atoms with Crippen LogP contribution in [0.4, 0.5) is 5.13 Å². The fourth-order valence-electron chi connectivity index (χ4n) is 3.32. The topological polar surface area (TPSA) is 75.1 Å². The van der Waals surface area contributed by atoms with Crippen molar-refractivity contribution in [2.75, 3.05) is 64.5 Å². The summed E-state index contributed by atoms with van der Waals surface area (Å²) in [6.45, 7) is 9.22. The number of anilines is 1. The minimum absolute atomic E-state index is 0. The standard InChI is InChI=1S/C18H32N6O2S.HI/c1-3-16-21-18(27-22-16)24-10-8-23(9-11-24)17(19-2)20-7-4-12-26-15-5-13-25-14-6-15;/h15H,3-14H2,1-2H3,(H,19,20);1H. The number of rotatable bonds is 7. The number of nitrogens with zero attached hydrogens (tertiary/aromatic N) is 5. The van der Waals surface area contributed by atoms with E-state index in [9.17, 15) is 0 Å². The van der Waals surface area contributed by atoms with Crippen LogP contribution in [0.5, 0.6) is 0 Å². The number of ether oxygens (including phenoxy) is 2. The van der Waals surface area contributed by atoms with E-state index < -0.39 is 0 Å². The average molecular weight is 524 g/mol. The van der Waals surface area contributed by atoms with Gasteiger partial charge in [0.2, 0.25) is 5.13 Å². The third-order valence-corrected chi connectivity index (χ3v) is 5.78. The molecule has 2 fully saturated rings. The summed E-state index contributed by atoms with van der Waals surface area (Å²) in [5.41, 5.74) is 0. The fraction of sp³-hybridized carbons (Fsp3) is 0.833. The Kier molecular flexibility index (Phi) is 10.7. The zero-order valence-electron chi connectivity index (χ0n) is 16.9. The lowest BCUT2D eigenvalue weighted by molar-refractivity contribution is -0.0320. The van der Waals surface area contributed by atoms with E-state index in [0.717, 1.165) is 95.1 Å². The third-order valence-electron chi connectivity index (χ3n) is 4.96. The number of hydrogen-bond acceptors (Lipinski definition) is 7. The molecule has 0 aromatic carbocycles. The molecular weight excluding hydrogens is 491 g/mol. The van der Waals surface area contributed by atoms with Crippen LogP contribution in [-0.4, -0.2) is 85.9 Å². The molecule has 28 heavy (non-hydrogen) atoms. The molecule has 0 unspecified atom stereocenters. The summed E-state index contributed by atoms with van der Waals surface area (Å²) in [5.74, 6) is 1.92.